The van der Waals surface area contributed by atoms with E-state index in [4.69, 9.17) is 10.2 Å². The van der Waals surface area contributed by atoms with Crippen molar-refractivity contribution in [2.75, 3.05) is 18.5 Å². The fourth-order valence-electron chi connectivity index (χ4n) is 1.32. The molecule has 0 amide bonds. The minimum Gasteiger partial charge on any atom is -0.394 e. The monoisotopic (exact) mass is 327 g/mol. The van der Waals surface area contributed by atoms with Crippen molar-refractivity contribution in [3.05, 3.63) is 28.2 Å². The molecule has 0 aromatic heterocycles. The topological polar surface area (TPSA) is 52.5 Å². The highest BCUT2D eigenvalue weighted by Gasteiger charge is 2.35. The van der Waals surface area contributed by atoms with Crippen LogP contribution in [0.25, 0.3) is 0 Å². The molecule has 7 heteroatoms. The molecule has 0 saturated heterocycles. The van der Waals surface area contributed by atoms with E-state index >= 15 is 0 Å². The van der Waals surface area contributed by atoms with E-state index in [9.17, 15) is 13.2 Å². The predicted octanol–water partition coefficient (Wildman–Crippen LogP) is 2.62. The molecule has 1 aromatic rings. The fourth-order valence-corrected chi connectivity index (χ4v) is 1.68. The number of benzene rings is 1. The molecule has 0 heterocycles. The van der Waals surface area contributed by atoms with Gasteiger partial charge in [-0.2, -0.15) is 13.2 Å². The zero-order valence-corrected chi connectivity index (χ0v) is 11.1. The number of aliphatic hydroxyl groups excluding tert-OH is 2. The molecule has 0 unspecified atom stereocenters. The highest BCUT2D eigenvalue weighted by Crippen LogP contribution is 2.37. The van der Waals surface area contributed by atoms with Crippen LogP contribution in [0.5, 0.6) is 0 Å². The Balaban J connectivity index is 3.18. The van der Waals surface area contributed by atoms with Crippen LogP contribution < -0.4 is 5.32 Å². The minimum absolute atomic E-state index is 0.192. The van der Waals surface area contributed by atoms with Crippen LogP contribution in [0.15, 0.2) is 22.7 Å². The Morgan fingerprint density at radius 2 is 1.78 bits per heavy atom. The first kappa shape index (κ1) is 15.3. The van der Waals surface area contributed by atoms with Gasteiger partial charge >= 0.3 is 6.18 Å². The van der Waals surface area contributed by atoms with E-state index in [-0.39, 0.29) is 5.69 Å². The van der Waals surface area contributed by atoms with E-state index < -0.39 is 30.5 Å². The zero-order valence-electron chi connectivity index (χ0n) is 9.55. The number of rotatable bonds is 4. The summed E-state index contributed by atoms with van der Waals surface area (Å²) in [5.74, 6) is 0. The number of aliphatic hydroxyl groups is 2. The van der Waals surface area contributed by atoms with Gasteiger partial charge in [0.25, 0.3) is 0 Å². The van der Waals surface area contributed by atoms with E-state index in [0.29, 0.717) is 4.47 Å². The van der Waals surface area contributed by atoms with Crippen molar-refractivity contribution in [1.82, 2.24) is 0 Å². The zero-order chi connectivity index (χ0) is 14.0. The summed E-state index contributed by atoms with van der Waals surface area (Å²) < 4.78 is 38.8. The molecular weight excluding hydrogens is 315 g/mol. The summed E-state index contributed by atoms with van der Waals surface area (Å²) in [4.78, 5) is 0. The number of nitrogens with one attached hydrogen (secondary N) is 1. The average Bonchev–Trinajstić information content (AvgIpc) is 2.27. The Labute approximate surface area is 111 Å². The molecule has 0 bridgehead atoms. The summed E-state index contributed by atoms with van der Waals surface area (Å²) in [6, 6.07) is 3.47. The number of hydrogen-bond acceptors (Lipinski definition) is 3. The quantitative estimate of drug-likeness (QED) is 0.796. The van der Waals surface area contributed by atoms with E-state index in [1.807, 2.05) is 0 Å². The summed E-state index contributed by atoms with van der Waals surface area (Å²) >= 11 is 3.08. The van der Waals surface area contributed by atoms with E-state index in [0.717, 1.165) is 6.07 Å². The second-order valence-electron chi connectivity index (χ2n) is 4.19. The highest BCUT2D eigenvalue weighted by atomic mass is 79.9. The van der Waals surface area contributed by atoms with E-state index in [1.165, 1.54) is 19.1 Å². The van der Waals surface area contributed by atoms with Crippen molar-refractivity contribution >= 4 is 21.6 Å². The van der Waals surface area contributed by atoms with Crippen LogP contribution in [0.3, 0.4) is 0 Å². The maximum Gasteiger partial charge on any atom is 0.418 e. The van der Waals surface area contributed by atoms with Crippen LogP contribution in [-0.4, -0.2) is 29.0 Å². The SMILES string of the molecule is CC(CO)(CO)Nc1cc(Br)ccc1C(F)(F)F. The molecule has 3 nitrogen and oxygen atoms in total. The van der Waals surface area contributed by atoms with Crippen LogP contribution in [0, 0.1) is 0 Å². The average molecular weight is 328 g/mol. The van der Waals surface area contributed by atoms with Gasteiger partial charge < -0.3 is 15.5 Å². The van der Waals surface area contributed by atoms with Gasteiger partial charge in [0.15, 0.2) is 0 Å². The first-order valence-corrected chi connectivity index (χ1v) is 5.88. The molecule has 1 rings (SSSR count). The third kappa shape index (κ3) is 3.60. The maximum absolute atomic E-state index is 12.8. The van der Waals surface area contributed by atoms with Gasteiger partial charge in [-0.05, 0) is 25.1 Å². The smallest absolute Gasteiger partial charge is 0.394 e. The van der Waals surface area contributed by atoms with Crippen LogP contribution >= 0.6 is 15.9 Å². The van der Waals surface area contributed by atoms with Crippen LogP contribution in [0.1, 0.15) is 12.5 Å². The number of halogens is 4. The molecular formula is C11H13BrF3NO2. The normalized spacial score (nSPS) is 12.6. The van der Waals surface area contributed by atoms with E-state index in [2.05, 4.69) is 21.2 Å². The molecule has 3 N–H and O–H groups in total. The molecule has 0 atom stereocenters. The standard InChI is InChI=1S/C11H13BrF3NO2/c1-10(5-17,6-18)16-9-4-7(12)2-3-8(9)11(13,14)15/h2-4,16-18H,5-6H2,1H3. The van der Waals surface area contributed by atoms with Crippen molar-refractivity contribution in [3.63, 3.8) is 0 Å². The predicted molar refractivity (Wildman–Crippen MR) is 65.3 cm³/mol. The van der Waals surface area contributed by atoms with Gasteiger partial charge in [0.2, 0.25) is 0 Å². The Morgan fingerprint density at radius 1 is 1.22 bits per heavy atom. The lowest BCUT2D eigenvalue weighted by Gasteiger charge is -2.29. The molecule has 0 spiro atoms. The lowest BCUT2D eigenvalue weighted by Crippen LogP contribution is -2.43. The summed E-state index contributed by atoms with van der Waals surface area (Å²) in [5.41, 5.74) is -2.26. The number of hydrogen-bond donors (Lipinski definition) is 3. The van der Waals surface area contributed by atoms with Gasteiger partial charge in [0, 0.05) is 10.2 Å². The maximum atomic E-state index is 12.8. The van der Waals surface area contributed by atoms with Gasteiger partial charge in [-0.1, -0.05) is 15.9 Å². The van der Waals surface area contributed by atoms with Crippen molar-refractivity contribution in [3.8, 4) is 0 Å². The van der Waals surface area contributed by atoms with Gasteiger partial charge in [0.1, 0.15) is 0 Å². The lowest BCUT2D eigenvalue weighted by molar-refractivity contribution is -0.137. The third-order valence-electron chi connectivity index (χ3n) is 2.42. The molecule has 0 aliphatic heterocycles. The van der Waals surface area contributed by atoms with Gasteiger partial charge in [-0.25, -0.2) is 0 Å². The van der Waals surface area contributed by atoms with Crippen molar-refractivity contribution in [2.24, 2.45) is 0 Å². The molecule has 0 fully saturated rings. The Kier molecular flexibility index (Phi) is 4.63. The number of anilines is 1. The van der Waals surface area contributed by atoms with Crippen molar-refractivity contribution in [1.29, 1.82) is 0 Å². The van der Waals surface area contributed by atoms with Crippen molar-refractivity contribution in [2.45, 2.75) is 18.6 Å². The fraction of sp³-hybridized carbons (Fsp3) is 0.455. The first-order valence-electron chi connectivity index (χ1n) is 5.08. The summed E-state index contributed by atoms with van der Waals surface area (Å²) in [5, 5.41) is 20.7. The largest absolute Gasteiger partial charge is 0.418 e. The van der Waals surface area contributed by atoms with Gasteiger partial charge in [0.05, 0.1) is 24.3 Å². The third-order valence-corrected chi connectivity index (χ3v) is 2.91. The molecule has 0 radical (unpaired) electrons. The van der Waals surface area contributed by atoms with Crippen LogP contribution in [0.2, 0.25) is 0 Å². The van der Waals surface area contributed by atoms with Gasteiger partial charge in [-0.15, -0.1) is 0 Å². The summed E-state index contributed by atoms with van der Waals surface area (Å²) in [7, 11) is 0. The molecule has 102 valence electrons. The van der Waals surface area contributed by atoms with Crippen molar-refractivity contribution < 1.29 is 23.4 Å². The molecule has 0 aliphatic rings. The first-order chi connectivity index (χ1) is 8.22. The second kappa shape index (κ2) is 5.46. The Bertz CT molecular complexity index is 419. The van der Waals surface area contributed by atoms with Gasteiger partial charge in [-0.3, -0.25) is 0 Å². The summed E-state index contributed by atoms with van der Waals surface area (Å²) in [6.07, 6.45) is -4.51. The van der Waals surface area contributed by atoms with Crippen LogP contribution in [0.4, 0.5) is 18.9 Å². The Hall–Kier alpha value is -0.790. The molecule has 0 saturated carbocycles. The Morgan fingerprint density at radius 3 is 2.22 bits per heavy atom. The molecule has 0 aliphatic carbocycles. The lowest BCUT2D eigenvalue weighted by atomic mass is 10.0. The molecule has 1 aromatic carbocycles. The summed E-state index contributed by atoms with van der Waals surface area (Å²) in [6.45, 7) is 0.439. The highest BCUT2D eigenvalue weighted by molar-refractivity contribution is 9.10. The molecule has 18 heavy (non-hydrogen) atoms. The van der Waals surface area contributed by atoms with E-state index in [1.54, 1.807) is 0 Å². The van der Waals surface area contributed by atoms with Crippen LogP contribution in [-0.2, 0) is 6.18 Å². The number of alkyl halides is 3. The second-order valence-corrected chi connectivity index (χ2v) is 5.11. The minimum atomic E-state index is -4.51.